The molecule has 2 atom stereocenters. The zero-order chi connectivity index (χ0) is 41.6. The molecule has 5 aliphatic rings. The molecule has 3 aromatic heterocycles. The van der Waals surface area contributed by atoms with Crippen LogP contribution in [0.2, 0.25) is 0 Å². The second-order valence-corrected chi connectivity index (χ2v) is 16.8. The predicted octanol–water partition coefficient (Wildman–Crippen LogP) is 5.17. The number of likely N-dealkylation sites (N-methyl/N-ethyl adjacent to an activating group) is 1. The first-order valence-corrected chi connectivity index (χ1v) is 20.7. The van der Waals surface area contributed by atoms with Crippen LogP contribution >= 0.6 is 0 Å². The highest BCUT2D eigenvalue weighted by molar-refractivity contribution is 6.00. The maximum absolute atomic E-state index is 16.3. The largest absolute Gasteiger partial charge is 0.492 e. The Bertz CT molecular complexity index is 2700. The third-order valence-electron chi connectivity index (χ3n) is 12.9. The van der Waals surface area contributed by atoms with E-state index in [1.165, 1.54) is 26.2 Å². The predicted molar refractivity (Wildman–Crippen MR) is 221 cm³/mol. The number of amides is 3. The number of benzene rings is 2. The molecule has 3 saturated heterocycles. The number of likely N-dealkylation sites (tertiary alicyclic amines) is 1. The normalized spacial score (nSPS) is 20.9. The van der Waals surface area contributed by atoms with Gasteiger partial charge in [-0.05, 0) is 76.2 Å². The highest BCUT2D eigenvalue weighted by Gasteiger charge is 2.40. The average molecular weight is 825 g/mol. The van der Waals surface area contributed by atoms with Crippen LogP contribution in [-0.4, -0.2) is 107 Å². The van der Waals surface area contributed by atoms with Crippen molar-refractivity contribution >= 4 is 56.8 Å². The topological polar surface area (TPSA) is 163 Å². The minimum Gasteiger partial charge on any atom is -0.492 e. The number of anilines is 4. The van der Waals surface area contributed by atoms with Crippen molar-refractivity contribution in [2.24, 2.45) is 5.92 Å². The molecular weight excluding hydrogens is 779 g/mol. The first-order valence-electron chi connectivity index (χ1n) is 20.7. The molecule has 3 amide bonds. The van der Waals surface area contributed by atoms with Crippen molar-refractivity contribution in [2.45, 2.75) is 63.6 Å². The number of nitrogens with zero attached hydrogens (tertiary/aromatic N) is 8. The molecule has 0 spiro atoms. The molecule has 10 rings (SSSR count). The number of hydrogen-bond acceptors (Lipinski definition) is 11. The molecule has 0 bridgehead atoms. The van der Waals surface area contributed by atoms with Crippen molar-refractivity contribution in [1.82, 2.24) is 29.1 Å². The third-order valence-corrected chi connectivity index (χ3v) is 12.9. The SMILES string of the molecule is COc1c(N2CC3CCCN(C)C3C2)c(F)cc2c(=O)c(-c3nnc(NC(=O)Nc4cn(C5CC5)c5cc(N6CCN(C(C)=O)CC6)c(F)cc5c4=O)o3)cn(C3CC3)c12. The van der Waals surface area contributed by atoms with Crippen LogP contribution < -0.4 is 36.0 Å². The Morgan fingerprint density at radius 2 is 1.57 bits per heavy atom. The number of hydrogen-bond donors (Lipinski definition) is 2. The molecule has 6 heterocycles. The summed E-state index contributed by atoms with van der Waals surface area (Å²) >= 11 is 0. The maximum Gasteiger partial charge on any atom is 0.327 e. The number of piperidine rings is 1. The maximum atomic E-state index is 16.3. The van der Waals surface area contributed by atoms with E-state index in [2.05, 4.69) is 37.7 Å². The molecule has 2 aromatic carbocycles. The summed E-state index contributed by atoms with van der Waals surface area (Å²) in [6, 6.07) is 3.35. The van der Waals surface area contributed by atoms with Gasteiger partial charge >= 0.3 is 12.0 Å². The number of aromatic nitrogens is 4. The van der Waals surface area contributed by atoms with Crippen LogP contribution in [-0.2, 0) is 4.79 Å². The lowest BCUT2D eigenvalue weighted by Crippen LogP contribution is -2.48. The molecule has 18 heteroatoms. The summed E-state index contributed by atoms with van der Waals surface area (Å²) < 4.78 is 47.5. The van der Waals surface area contributed by atoms with E-state index in [1.54, 1.807) is 23.4 Å². The molecule has 3 aliphatic heterocycles. The van der Waals surface area contributed by atoms with Gasteiger partial charge in [0.25, 0.3) is 5.89 Å². The molecule has 2 unspecified atom stereocenters. The number of halogens is 2. The number of ether oxygens (including phenoxy) is 1. The minimum atomic E-state index is -0.870. The molecule has 5 fully saturated rings. The number of carbonyl (C=O) groups is 2. The van der Waals surface area contributed by atoms with Gasteiger partial charge in [-0.25, -0.2) is 13.6 Å². The van der Waals surface area contributed by atoms with Crippen LogP contribution in [0.15, 0.2) is 44.6 Å². The second kappa shape index (κ2) is 14.6. The summed E-state index contributed by atoms with van der Waals surface area (Å²) in [4.78, 5) is 61.0. The Labute approximate surface area is 342 Å². The fourth-order valence-electron chi connectivity index (χ4n) is 9.55. The van der Waals surface area contributed by atoms with Crippen molar-refractivity contribution in [3.05, 3.63) is 62.7 Å². The fraction of sp³-hybridized carbons (Fsp3) is 0.476. The molecule has 2 N–H and O–H groups in total. The zero-order valence-electron chi connectivity index (χ0n) is 33.7. The van der Waals surface area contributed by atoms with Crippen LogP contribution in [0.3, 0.4) is 0 Å². The van der Waals surface area contributed by atoms with Gasteiger partial charge in [-0.1, -0.05) is 5.10 Å². The van der Waals surface area contributed by atoms with E-state index in [-0.39, 0.29) is 51.9 Å². The van der Waals surface area contributed by atoms with Crippen LogP contribution in [0, 0.1) is 17.6 Å². The summed E-state index contributed by atoms with van der Waals surface area (Å²) in [5.41, 5.74) is 0.592. The quantitative estimate of drug-likeness (QED) is 0.213. The summed E-state index contributed by atoms with van der Waals surface area (Å²) in [6.07, 6.45) is 8.79. The number of urea groups is 1. The number of piperazine rings is 1. The lowest BCUT2D eigenvalue weighted by molar-refractivity contribution is -0.129. The van der Waals surface area contributed by atoms with Gasteiger partial charge in [0.15, 0.2) is 11.6 Å². The van der Waals surface area contributed by atoms with E-state index >= 15 is 8.78 Å². The Hall–Kier alpha value is -6.04. The van der Waals surface area contributed by atoms with Gasteiger partial charge in [-0.15, -0.1) is 5.10 Å². The number of pyridine rings is 2. The molecule has 5 aromatic rings. The van der Waals surface area contributed by atoms with E-state index in [0.29, 0.717) is 79.4 Å². The zero-order valence-corrected chi connectivity index (χ0v) is 33.7. The van der Waals surface area contributed by atoms with E-state index in [0.717, 1.165) is 45.1 Å². The molecule has 0 radical (unpaired) electrons. The molecule has 2 saturated carbocycles. The standard InChI is InChI=1S/C42H46F2N10O6/c1-22(55)50-11-13-51(14-12-50)33-17-32-26(15-29(33)43)38(57)31(20-53(32)24-6-7-24)45-41(58)46-42-48-47-40(60-42)28-19-54(25-8-9-25)35-27(37(28)56)16-30(44)36(39(35)59-3)52-18-23-5-4-10-49(2)34(23)21-52/h15-17,19-20,23-25,34H,4-14,18,21H2,1-3H3,(H2,45,46,48,58). The lowest BCUT2D eigenvalue weighted by Gasteiger charge is -2.36. The third kappa shape index (κ3) is 6.60. The first kappa shape index (κ1) is 38.2. The van der Waals surface area contributed by atoms with Crippen LogP contribution in [0.1, 0.15) is 57.5 Å². The van der Waals surface area contributed by atoms with Gasteiger partial charge in [0.1, 0.15) is 22.8 Å². The number of carbonyl (C=O) groups excluding carboxylic acids is 2. The second-order valence-electron chi connectivity index (χ2n) is 16.8. The first-order chi connectivity index (χ1) is 29.0. The van der Waals surface area contributed by atoms with Crippen LogP contribution in [0.5, 0.6) is 5.75 Å². The van der Waals surface area contributed by atoms with Gasteiger partial charge in [-0.2, -0.15) is 0 Å². The number of nitrogens with one attached hydrogen (secondary N) is 2. The lowest BCUT2D eigenvalue weighted by atomic mass is 9.93. The van der Waals surface area contributed by atoms with Gasteiger partial charge in [-0.3, -0.25) is 19.7 Å². The van der Waals surface area contributed by atoms with E-state index in [4.69, 9.17) is 9.15 Å². The van der Waals surface area contributed by atoms with Crippen LogP contribution in [0.4, 0.5) is 36.7 Å². The van der Waals surface area contributed by atoms with Gasteiger partial charge in [0.2, 0.25) is 16.8 Å². The number of fused-ring (bicyclic) bond motifs is 3. The minimum absolute atomic E-state index is 0.0291. The highest BCUT2D eigenvalue weighted by atomic mass is 19.1. The van der Waals surface area contributed by atoms with Crippen molar-refractivity contribution in [2.75, 3.05) is 80.4 Å². The van der Waals surface area contributed by atoms with Crippen molar-refractivity contribution in [1.29, 1.82) is 0 Å². The summed E-state index contributed by atoms with van der Waals surface area (Å²) in [6.45, 7) is 5.73. The summed E-state index contributed by atoms with van der Waals surface area (Å²) in [7, 11) is 3.61. The summed E-state index contributed by atoms with van der Waals surface area (Å²) in [5, 5.41) is 13.2. The number of rotatable bonds is 8. The van der Waals surface area contributed by atoms with Gasteiger partial charge in [0, 0.05) is 76.7 Å². The van der Waals surface area contributed by atoms with Crippen LogP contribution in [0.25, 0.3) is 33.3 Å². The monoisotopic (exact) mass is 824 g/mol. The molecule has 60 heavy (non-hydrogen) atoms. The average Bonchev–Trinajstić information content (AvgIpc) is 4.17. The van der Waals surface area contributed by atoms with Crippen molar-refractivity contribution in [3.8, 4) is 17.2 Å². The Morgan fingerprint density at radius 3 is 2.27 bits per heavy atom. The molecule has 2 aliphatic carbocycles. The molecule has 16 nitrogen and oxygen atoms in total. The number of methoxy groups -OCH3 is 1. The smallest absolute Gasteiger partial charge is 0.327 e. The van der Waals surface area contributed by atoms with Crippen molar-refractivity contribution in [3.63, 3.8) is 0 Å². The highest BCUT2D eigenvalue weighted by Crippen LogP contribution is 2.46. The summed E-state index contributed by atoms with van der Waals surface area (Å²) in [5.74, 6) is -0.612. The van der Waals surface area contributed by atoms with Crippen molar-refractivity contribution < 1.29 is 27.5 Å². The van der Waals surface area contributed by atoms with E-state index in [1.807, 2.05) is 14.0 Å². The molecule has 314 valence electrons. The van der Waals surface area contributed by atoms with Gasteiger partial charge < -0.3 is 43.2 Å². The fourth-order valence-corrected chi connectivity index (χ4v) is 9.55. The molecular formula is C42H46F2N10O6. The Morgan fingerprint density at radius 1 is 0.833 bits per heavy atom. The Kier molecular flexibility index (Phi) is 9.29. The van der Waals surface area contributed by atoms with E-state index < -0.39 is 28.5 Å². The van der Waals surface area contributed by atoms with Gasteiger partial charge in [0.05, 0.1) is 34.6 Å². The van der Waals surface area contributed by atoms with E-state index in [9.17, 15) is 19.2 Å². The Balaban J connectivity index is 0.919.